The van der Waals surface area contributed by atoms with Crippen LogP contribution in [-0.4, -0.2) is 58.2 Å². The largest absolute Gasteiger partial charge is 0.462 e. The number of anilines is 1. The first-order chi connectivity index (χ1) is 18.2. The minimum absolute atomic E-state index is 0.0873. The molecule has 39 heavy (non-hydrogen) atoms. The molecule has 1 fully saturated rings. The molecule has 0 unspecified atom stereocenters. The van der Waals surface area contributed by atoms with Gasteiger partial charge in [-0.05, 0) is 24.8 Å². The van der Waals surface area contributed by atoms with Crippen molar-refractivity contribution in [2.45, 2.75) is 97.6 Å². The summed E-state index contributed by atoms with van der Waals surface area (Å²) in [6.45, 7) is 9.54. The molecule has 11 nitrogen and oxygen atoms in total. The van der Waals surface area contributed by atoms with Crippen LogP contribution in [0.5, 0.6) is 0 Å². The van der Waals surface area contributed by atoms with Gasteiger partial charge >= 0.3 is 23.6 Å². The van der Waals surface area contributed by atoms with Gasteiger partial charge in [0.1, 0.15) is 24.6 Å². The zero-order valence-electron chi connectivity index (χ0n) is 23.3. The highest BCUT2D eigenvalue weighted by Gasteiger charge is 2.63. The molecule has 2 rings (SSSR count). The number of ether oxygens (including phenoxy) is 3. The van der Waals surface area contributed by atoms with Gasteiger partial charge in [-0.25, -0.2) is 4.79 Å². The van der Waals surface area contributed by atoms with Crippen molar-refractivity contribution in [3.8, 4) is 0 Å². The van der Waals surface area contributed by atoms with E-state index in [2.05, 4.69) is 10.3 Å². The number of alkyl halides is 2. The molecule has 0 aromatic carbocycles. The fourth-order valence-electron chi connectivity index (χ4n) is 4.03. The molecule has 13 heteroatoms. The van der Waals surface area contributed by atoms with Crippen molar-refractivity contribution in [1.82, 2.24) is 9.55 Å². The first-order valence-electron chi connectivity index (χ1n) is 13.3. The third-order valence-corrected chi connectivity index (χ3v) is 6.42. The maximum absolute atomic E-state index is 15.6. The summed E-state index contributed by atoms with van der Waals surface area (Å²) in [5.41, 5.74) is 4.64. The second-order valence-corrected chi connectivity index (χ2v) is 10.4. The number of nitrogens with one attached hydrogen (secondary N) is 1. The van der Waals surface area contributed by atoms with Crippen LogP contribution in [0.15, 0.2) is 17.1 Å². The van der Waals surface area contributed by atoms with E-state index in [9.17, 15) is 19.2 Å². The Balaban J connectivity index is 2.30. The Morgan fingerprint density at radius 3 is 2.28 bits per heavy atom. The van der Waals surface area contributed by atoms with E-state index in [0.717, 1.165) is 19.0 Å². The van der Waals surface area contributed by atoms with Crippen LogP contribution in [0, 0.1) is 17.8 Å². The maximum Gasteiger partial charge on any atom is 0.351 e. The maximum atomic E-state index is 15.6. The van der Waals surface area contributed by atoms with Crippen molar-refractivity contribution in [1.29, 1.82) is 0 Å². The van der Waals surface area contributed by atoms with Crippen LogP contribution in [0.4, 0.5) is 14.6 Å². The summed E-state index contributed by atoms with van der Waals surface area (Å²) in [5.74, 6) is -7.32. The minimum atomic E-state index is -3.90. The third-order valence-electron chi connectivity index (χ3n) is 6.42. The predicted molar refractivity (Wildman–Crippen MR) is 138 cm³/mol. The molecule has 0 saturated carbocycles. The standard InChI is InChI=1S/C26H40F2N4O7/c1-7-9-16(10-8-2)21(33)30-18-11-12-32(25(36)31-18)24-26(27,28)20(39-22(34)15(5)6)17(38-24)13-37-23(35)19(29)14(3)4/h11-12,14-17,19-20,24H,7-10,13,29H2,1-6H3,(H,30,31,33,36)/t17-,19+,20-,24-/m1/s1. The van der Waals surface area contributed by atoms with Gasteiger partial charge in [0.25, 0.3) is 0 Å². The minimum Gasteiger partial charge on any atom is -0.462 e. The molecule has 1 amide bonds. The van der Waals surface area contributed by atoms with Gasteiger partial charge in [0.2, 0.25) is 12.1 Å². The van der Waals surface area contributed by atoms with Crippen molar-refractivity contribution >= 4 is 23.7 Å². The van der Waals surface area contributed by atoms with Crippen LogP contribution in [0.1, 0.15) is 73.5 Å². The lowest BCUT2D eigenvalue weighted by molar-refractivity contribution is -0.180. The van der Waals surface area contributed by atoms with E-state index < -0.39 is 60.6 Å². The van der Waals surface area contributed by atoms with Crippen molar-refractivity contribution < 1.29 is 37.4 Å². The average Bonchev–Trinajstić information content (AvgIpc) is 3.10. The molecule has 220 valence electrons. The van der Waals surface area contributed by atoms with Crippen LogP contribution >= 0.6 is 0 Å². The van der Waals surface area contributed by atoms with E-state index in [-0.39, 0.29) is 23.6 Å². The Bertz CT molecular complexity index is 1060. The smallest absolute Gasteiger partial charge is 0.351 e. The molecule has 0 aliphatic carbocycles. The molecule has 1 aliphatic heterocycles. The first kappa shape index (κ1) is 32.3. The second-order valence-electron chi connectivity index (χ2n) is 10.4. The summed E-state index contributed by atoms with van der Waals surface area (Å²) in [6.07, 6.45) is -2.05. The van der Waals surface area contributed by atoms with Crippen LogP contribution < -0.4 is 16.7 Å². The van der Waals surface area contributed by atoms with Crippen LogP contribution in [0.25, 0.3) is 0 Å². The van der Waals surface area contributed by atoms with Crippen molar-refractivity contribution in [3.63, 3.8) is 0 Å². The number of amides is 1. The molecular weight excluding hydrogens is 518 g/mol. The Kier molecular flexibility index (Phi) is 11.5. The summed E-state index contributed by atoms with van der Waals surface area (Å²) in [6, 6.07) is 0.209. The number of aromatic nitrogens is 2. The van der Waals surface area contributed by atoms with E-state index >= 15 is 8.78 Å². The average molecular weight is 559 g/mol. The number of halogens is 2. The Morgan fingerprint density at radius 2 is 1.77 bits per heavy atom. The number of hydrogen-bond acceptors (Lipinski definition) is 9. The fourth-order valence-corrected chi connectivity index (χ4v) is 4.03. The molecule has 0 bridgehead atoms. The van der Waals surface area contributed by atoms with Crippen LogP contribution in [0.2, 0.25) is 0 Å². The lowest BCUT2D eigenvalue weighted by atomic mass is 9.97. The van der Waals surface area contributed by atoms with Crippen LogP contribution in [0.3, 0.4) is 0 Å². The lowest BCUT2D eigenvalue weighted by Crippen LogP contribution is -2.46. The molecule has 0 radical (unpaired) electrons. The molecule has 1 saturated heterocycles. The van der Waals surface area contributed by atoms with Gasteiger partial charge in [-0.15, -0.1) is 0 Å². The monoisotopic (exact) mass is 558 g/mol. The predicted octanol–water partition coefficient (Wildman–Crippen LogP) is 3.03. The molecule has 4 atom stereocenters. The highest BCUT2D eigenvalue weighted by atomic mass is 19.3. The van der Waals surface area contributed by atoms with Crippen molar-refractivity contribution in [3.05, 3.63) is 22.7 Å². The van der Waals surface area contributed by atoms with E-state index in [4.69, 9.17) is 19.9 Å². The van der Waals surface area contributed by atoms with E-state index in [1.54, 1.807) is 13.8 Å². The van der Waals surface area contributed by atoms with Crippen molar-refractivity contribution in [2.75, 3.05) is 11.9 Å². The summed E-state index contributed by atoms with van der Waals surface area (Å²) < 4.78 is 47.3. The topological polar surface area (TPSA) is 152 Å². The van der Waals surface area contributed by atoms with Crippen molar-refractivity contribution in [2.24, 2.45) is 23.5 Å². The summed E-state index contributed by atoms with van der Waals surface area (Å²) in [4.78, 5) is 53.5. The Morgan fingerprint density at radius 1 is 1.15 bits per heavy atom. The van der Waals surface area contributed by atoms with Gasteiger partial charge in [0.05, 0.1) is 5.92 Å². The summed E-state index contributed by atoms with van der Waals surface area (Å²) >= 11 is 0. The Hall–Kier alpha value is -2.93. The fraction of sp³-hybridized carbons (Fsp3) is 0.731. The van der Waals surface area contributed by atoms with Gasteiger partial charge in [-0.1, -0.05) is 54.4 Å². The quantitative estimate of drug-likeness (QED) is 0.348. The first-order valence-corrected chi connectivity index (χ1v) is 13.3. The number of carbonyl (C=O) groups is 3. The number of rotatable bonds is 13. The molecule has 1 aromatic heterocycles. The van der Waals surface area contributed by atoms with E-state index in [1.165, 1.54) is 19.9 Å². The number of nitrogens with two attached hydrogens (primary N) is 1. The normalized spacial score (nSPS) is 21.3. The van der Waals surface area contributed by atoms with Gasteiger partial charge in [-0.2, -0.15) is 13.8 Å². The molecule has 3 N–H and O–H groups in total. The zero-order chi connectivity index (χ0) is 29.5. The van der Waals surface area contributed by atoms with Gasteiger partial charge in [-0.3, -0.25) is 19.0 Å². The summed E-state index contributed by atoms with van der Waals surface area (Å²) in [5, 5.41) is 2.57. The zero-order valence-corrected chi connectivity index (χ0v) is 23.3. The SMILES string of the molecule is CCCC(CCC)C(=O)Nc1ccn([C@@H]2O[C@H](COC(=O)[C@@H](N)C(C)C)[C@@H](OC(=O)C(C)C)C2(F)F)c(=O)n1. The number of esters is 2. The van der Waals surface area contributed by atoms with Gasteiger partial charge in [0, 0.05) is 12.1 Å². The van der Waals surface area contributed by atoms with E-state index in [0.29, 0.717) is 17.4 Å². The second kappa shape index (κ2) is 13.9. The number of carbonyl (C=O) groups excluding carboxylic acids is 3. The van der Waals surface area contributed by atoms with Crippen LogP contribution in [-0.2, 0) is 28.6 Å². The molecule has 0 spiro atoms. The van der Waals surface area contributed by atoms with E-state index in [1.807, 2.05) is 13.8 Å². The van der Waals surface area contributed by atoms with Gasteiger partial charge in [0.15, 0.2) is 6.10 Å². The molecule has 1 aromatic rings. The van der Waals surface area contributed by atoms with Gasteiger partial charge < -0.3 is 25.3 Å². The summed E-state index contributed by atoms with van der Waals surface area (Å²) in [7, 11) is 0. The highest BCUT2D eigenvalue weighted by molar-refractivity contribution is 5.91. The molecule has 2 heterocycles. The number of nitrogens with zero attached hydrogens (tertiary/aromatic N) is 2. The highest BCUT2D eigenvalue weighted by Crippen LogP contribution is 2.44. The molecule has 1 aliphatic rings. The Labute approximate surface area is 226 Å². The third kappa shape index (κ3) is 8.04. The molecular formula is C26H40F2N4O7. The lowest BCUT2D eigenvalue weighted by Gasteiger charge is -2.25. The number of hydrogen-bond donors (Lipinski definition) is 2.